The van der Waals surface area contributed by atoms with Crippen molar-refractivity contribution in [1.29, 1.82) is 0 Å². The second-order valence-corrected chi connectivity index (χ2v) is 6.29. The Morgan fingerprint density at radius 3 is 2.70 bits per heavy atom. The monoisotopic (exact) mass is 310 g/mol. The quantitative estimate of drug-likeness (QED) is 0.841. The van der Waals surface area contributed by atoms with Gasteiger partial charge in [-0.15, -0.1) is 5.10 Å². The Hall–Kier alpha value is -2.21. The van der Waals surface area contributed by atoms with Gasteiger partial charge in [-0.2, -0.15) is 10.1 Å². The molecule has 6 heteroatoms. The molecule has 2 aromatic rings. The summed E-state index contributed by atoms with van der Waals surface area (Å²) >= 11 is 0. The number of fused-ring (bicyclic) bond motifs is 1. The van der Waals surface area contributed by atoms with Crippen molar-refractivity contribution in [1.82, 2.24) is 20.1 Å². The zero-order valence-electron chi connectivity index (χ0n) is 13.5. The molecule has 4 rings (SSSR count). The number of rotatable bonds is 2. The lowest BCUT2D eigenvalue weighted by atomic mass is 10.0. The highest BCUT2D eigenvalue weighted by atomic mass is 15.4. The molecule has 0 atom stereocenters. The number of hydrogen-bond donors (Lipinski definition) is 0. The maximum Gasteiger partial charge on any atom is 0.251 e. The lowest BCUT2D eigenvalue weighted by Gasteiger charge is -2.34. The molecule has 0 saturated carbocycles. The number of likely N-dealkylation sites (N-methyl/N-ethyl adjacent to an activating group) is 1. The van der Waals surface area contributed by atoms with Crippen LogP contribution in [0.2, 0.25) is 0 Å². The number of aromatic nitrogens is 3. The van der Waals surface area contributed by atoms with Gasteiger partial charge in [0.05, 0.1) is 6.20 Å². The van der Waals surface area contributed by atoms with Crippen molar-refractivity contribution in [2.75, 3.05) is 49.6 Å². The number of benzene rings is 1. The molecule has 1 saturated heterocycles. The Bertz CT molecular complexity index is 680. The highest BCUT2D eigenvalue weighted by Crippen LogP contribution is 2.31. The first-order valence-corrected chi connectivity index (χ1v) is 8.30. The molecule has 0 radical (unpaired) electrons. The van der Waals surface area contributed by atoms with Gasteiger partial charge in [-0.3, -0.25) is 0 Å². The largest absolute Gasteiger partial charge is 0.353 e. The number of hydrogen-bond acceptors (Lipinski definition) is 6. The van der Waals surface area contributed by atoms with E-state index in [1.165, 1.54) is 11.3 Å². The third kappa shape index (κ3) is 2.86. The van der Waals surface area contributed by atoms with E-state index in [0.29, 0.717) is 5.95 Å². The summed E-state index contributed by atoms with van der Waals surface area (Å²) in [6, 6.07) is 8.52. The van der Waals surface area contributed by atoms with E-state index < -0.39 is 0 Å². The first-order chi connectivity index (χ1) is 11.3. The number of piperazine rings is 1. The number of para-hydroxylation sites is 1. The van der Waals surface area contributed by atoms with E-state index in [4.69, 9.17) is 4.98 Å². The Morgan fingerprint density at radius 2 is 1.83 bits per heavy atom. The van der Waals surface area contributed by atoms with Crippen LogP contribution < -0.4 is 9.80 Å². The minimum atomic E-state index is 0.716. The van der Waals surface area contributed by atoms with Crippen LogP contribution in [-0.4, -0.2) is 59.9 Å². The van der Waals surface area contributed by atoms with Crippen LogP contribution in [0, 0.1) is 0 Å². The van der Waals surface area contributed by atoms with Crippen molar-refractivity contribution < 1.29 is 0 Å². The summed E-state index contributed by atoms with van der Waals surface area (Å²) in [5, 5.41) is 8.52. The van der Waals surface area contributed by atoms with Crippen LogP contribution >= 0.6 is 0 Å². The van der Waals surface area contributed by atoms with Crippen LogP contribution in [0.5, 0.6) is 0 Å². The van der Waals surface area contributed by atoms with E-state index in [0.717, 1.165) is 51.4 Å². The molecule has 0 spiro atoms. The standard InChI is InChI=1S/C17H22N6/c1-21-9-11-22(12-10-21)16-13-18-20-17(19-16)23-8-4-6-14-5-2-3-7-15(14)23/h2-3,5,7,13H,4,6,8-12H2,1H3. The van der Waals surface area contributed by atoms with Gasteiger partial charge in [0.15, 0.2) is 5.82 Å². The van der Waals surface area contributed by atoms with Crippen LogP contribution in [0.1, 0.15) is 12.0 Å². The van der Waals surface area contributed by atoms with Crippen molar-refractivity contribution in [3.63, 3.8) is 0 Å². The molecule has 0 unspecified atom stereocenters. The summed E-state index contributed by atoms with van der Waals surface area (Å²) in [7, 11) is 2.16. The zero-order chi connectivity index (χ0) is 15.6. The van der Waals surface area contributed by atoms with E-state index in [9.17, 15) is 0 Å². The third-order valence-electron chi connectivity index (χ3n) is 4.71. The molecule has 1 aromatic heterocycles. The van der Waals surface area contributed by atoms with Crippen molar-refractivity contribution in [2.24, 2.45) is 0 Å². The molecule has 3 heterocycles. The number of nitrogens with zero attached hydrogens (tertiary/aromatic N) is 6. The van der Waals surface area contributed by atoms with Crippen molar-refractivity contribution in [3.8, 4) is 0 Å². The summed E-state index contributed by atoms with van der Waals surface area (Å²) in [6.45, 7) is 5.05. The van der Waals surface area contributed by atoms with Gasteiger partial charge < -0.3 is 14.7 Å². The molecule has 2 aliphatic rings. The van der Waals surface area contributed by atoms with Gasteiger partial charge in [-0.1, -0.05) is 18.2 Å². The number of aryl methyl sites for hydroxylation is 1. The minimum absolute atomic E-state index is 0.716. The van der Waals surface area contributed by atoms with Gasteiger partial charge >= 0.3 is 0 Å². The van der Waals surface area contributed by atoms with Gasteiger partial charge in [-0.05, 0) is 31.5 Å². The fourth-order valence-electron chi connectivity index (χ4n) is 3.33. The second kappa shape index (κ2) is 6.12. The van der Waals surface area contributed by atoms with E-state index in [-0.39, 0.29) is 0 Å². The Kier molecular flexibility index (Phi) is 3.83. The smallest absolute Gasteiger partial charge is 0.251 e. The molecule has 0 N–H and O–H groups in total. The van der Waals surface area contributed by atoms with E-state index in [2.05, 4.69) is 56.2 Å². The van der Waals surface area contributed by atoms with Crippen LogP contribution in [-0.2, 0) is 6.42 Å². The molecule has 23 heavy (non-hydrogen) atoms. The summed E-state index contributed by atoms with van der Waals surface area (Å²) in [4.78, 5) is 11.6. The molecule has 120 valence electrons. The Labute approximate surface area is 136 Å². The van der Waals surface area contributed by atoms with Gasteiger partial charge in [0.1, 0.15) is 0 Å². The average Bonchev–Trinajstić information content (AvgIpc) is 2.62. The van der Waals surface area contributed by atoms with Gasteiger partial charge in [0.25, 0.3) is 5.95 Å². The SMILES string of the molecule is CN1CCN(c2cnnc(N3CCCc4ccccc43)n2)CC1. The van der Waals surface area contributed by atoms with Crippen LogP contribution in [0.25, 0.3) is 0 Å². The molecule has 0 aliphatic carbocycles. The molecule has 1 fully saturated rings. The lowest BCUT2D eigenvalue weighted by Crippen LogP contribution is -2.45. The fraction of sp³-hybridized carbons (Fsp3) is 0.471. The van der Waals surface area contributed by atoms with Crippen molar-refractivity contribution in [3.05, 3.63) is 36.0 Å². The Balaban J connectivity index is 1.62. The highest BCUT2D eigenvalue weighted by Gasteiger charge is 2.22. The van der Waals surface area contributed by atoms with E-state index in [1.807, 2.05) is 0 Å². The molecule has 1 aromatic carbocycles. The number of anilines is 3. The normalized spacial score (nSPS) is 18.8. The van der Waals surface area contributed by atoms with Crippen molar-refractivity contribution >= 4 is 17.5 Å². The Morgan fingerprint density at radius 1 is 1.00 bits per heavy atom. The first-order valence-electron chi connectivity index (χ1n) is 8.30. The van der Waals surface area contributed by atoms with Crippen LogP contribution in [0.4, 0.5) is 17.5 Å². The third-order valence-corrected chi connectivity index (χ3v) is 4.71. The van der Waals surface area contributed by atoms with Crippen molar-refractivity contribution in [2.45, 2.75) is 12.8 Å². The zero-order valence-corrected chi connectivity index (χ0v) is 13.5. The summed E-state index contributed by atoms with van der Waals surface area (Å²) in [5.74, 6) is 1.65. The summed E-state index contributed by atoms with van der Waals surface area (Å²) in [6.07, 6.45) is 4.03. The molecular weight excluding hydrogens is 288 g/mol. The summed E-state index contributed by atoms with van der Waals surface area (Å²) < 4.78 is 0. The topological polar surface area (TPSA) is 48.4 Å². The first kappa shape index (κ1) is 14.4. The maximum absolute atomic E-state index is 4.80. The van der Waals surface area contributed by atoms with Gasteiger partial charge in [0, 0.05) is 38.4 Å². The van der Waals surface area contributed by atoms with E-state index >= 15 is 0 Å². The van der Waals surface area contributed by atoms with Crippen LogP contribution in [0.3, 0.4) is 0 Å². The molecule has 2 aliphatic heterocycles. The fourth-order valence-corrected chi connectivity index (χ4v) is 3.33. The van der Waals surface area contributed by atoms with Crippen LogP contribution in [0.15, 0.2) is 30.5 Å². The molecular formula is C17H22N6. The predicted octanol–water partition coefficient (Wildman–Crippen LogP) is 1.71. The maximum atomic E-state index is 4.80. The molecule has 6 nitrogen and oxygen atoms in total. The van der Waals surface area contributed by atoms with Gasteiger partial charge in [0.2, 0.25) is 0 Å². The molecule has 0 amide bonds. The highest BCUT2D eigenvalue weighted by molar-refractivity contribution is 5.63. The average molecular weight is 310 g/mol. The second-order valence-electron chi connectivity index (χ2n) is 6.29. The van der Waals surface area contributed by atoms with E-state index in [1.54, 1.807) is 6.20 Å². The minimum Gasteiger partial charge on any atom is -0.353 e. The molecule has 0 bridgehead atoms. The predicted molar refractivity (Wildman–Crippen MR) is 91.3 cm³/mol. The van der Waals surface area contributed by atoms with Gasteiger partial charge in [-0.25, -0.2) is 0 Å². The lowest BCUT2D eigenvalue weighted by molar-refractivity contribution is 0.312. The summed E-state index contributed by atoms with van der Waals surface area (Å²) in [5.41, 5.74) is 2.59.